The van der Waals surface area contributed by atoms with E-state index in [9.17, 15) is 4.39 Å². The van der Waals surface area contributed by atoms with Crippen molar-refractivity contribution in [2.75, 3.05) is 0 Å². The van der Waals surface area contributed by atoms with Gasteiger partial charge in [0.15, 0.2) is 6.61 Å². The van der Waals surface area contributed by atoms with Gasteiger partial charge in [-0.15, -0.1) is 10.2 Å². The number of hydrogen-bond donors (Lipinski definition) is 1. The molecule has 0 aliphatic heterocycles. The first kappa shape index (κ1) is 11.5. The highest BCUT2D eigenvalue weighted by Crippen LogP contribution is 2.20. The lowest BCUT2D eigenvalue weighted by Crippen LogP contribution is -2.01. The van der Waals surface area contributed by atoms with E-state index in [-0.39, 0.29) is 13.2 Å². The van der Waals surface area contributed by atoms with Crippen LogP contribution in [0.15, 0.2) is 18.2 Å². The van der Waals surface area contributed by atoms with Gasteiger partial charge in [-0.2, -0.15) is 4.80 Å². The molecular formula is C10H11FN4O2. The summed E-state index contributed by atoms with van der Waals surface area (Å²) in [6.07, 6.45) is 0. The fourth-order valence-electron chi connectivity index (χ4n) is 1.34. The molecule has 90 valence electrons. The fourth-order valence-corrected chi connectivity index (χ4v) is 1.34. The molecule has 7 heteroatoms. The predicted octanol–water partition coefficient (Wildman–Crippen LogP) is 0.420. The van der Waals surface area contributed by atoms with Crippen molar-refractivity contribution in [2.45, 2.75) is 13.2 Å². The molecule has 2 aromatic rings. The van der Waals surface area contributed by atoms with Gasteiger partial charge in [0.1, 0.15) is 11.6 Å². The van der Waals surface area contributed by atoms with Gasteiger partial charge in [-0.25, -0.2) is 4.39 Å². The zero-order valence-electron chi connectivity index (χ0n) is 9.17. The highest BCUT2D eigenvalue weighted by molar-refractivity contribution is 5.33. The summed E-state index contributed by atoms with van der Waals surface area (Å²) < 4.78 is 18.3. The lowest BCUT2D eigenvalue weighted by atomic mass is 10.2. The zero-order valence-corrected chi connectivity index (χ0v) is 9.17. The van der Waals surface area contributed by atoms with E-state index in [1.54, 1.807) is 7.05 Å². The third-order valence-corrected chi connectivity index (χ3v) is 2.10. The second-order valence-corrected chi connectivity index (χ2v) is 3.39. The van der Waals surface area contributed by atoms with Gasteiger partial charge >= 0.3 is 0 Å². The lowest BCUT2D eigenvalue weighted by molar-refractivity contribution is 0.254. The van der Waals surface area contributed by atoms with Crippen molar-refractivity contribution < 1.29 is 14.2 Å². The standard InChI is InChI=1S/C10H11FN4O2/c1-15-13-10(12-14-15)6-17-9-3-2-8(11)4-7(9)5-16/h2-4,16H,5-6H2,1H3. The maximum atomic E-state index is 12.9. The van der Waals surface area contributed by atoms with E-state index in [4.69, 9.17) is 9.84 Å². The van der Waals surface area contributed by atoms with Gasteiger partial charge in [0.25, 0.3) is 0 Å². The molecule has 0 atom stereocenters. The SMILES string of the molecule is Cn1nnc(COc2ccc(F)cc2CO)n1. The van der Waals surface area contributed by atoms with Crippen LogP contribution < -0.4 is 4.74 Å². The predicted molar refractivity (Wildman–Crippen MR) is 55.5 cm³/mol. The monoisotopic (exact) mass is 238 g/mol. The average Bonchev–Trinajstić information content (AvgIpc) is 2.73. The molecule has 1 aromatic carbocycles. The number of tetrazole rings is 1. The van der Waals surface area contributed by atoms with Crippen molar-refractivity contribution >= 4 is 0 Å². The van der Waals surface area contributed by atoms with Gasteiger partial charge in [-0.3, -0.25) is 0 Å². The van der Waals surface area contributed by atoms with E-state index < -0.39 is 5.82 Å². The van der Waals surface area contributed by atoms with Crippen LogP contribution in [0.2, 0.25) is 0 Å². The first-order valence-corrected chi connectivity index (χ1v) is 4.94. The molecule has 1 aromatic heterocycles. The molecule has 0 bridgehead atoms. The molecular weight excluding hydrogens is 227 g/mol. The molecule has 0 unspecified atom stereocenters. The topological polar surface area (TPSA) is 73.1 Å². The summed E-state index contributed by atoms with van der Waals surface area (Å²) in [5, 5.41) is 20.4. The maximum Gasteiger partial charge on any atom is 0.212 e. The van der Waals surface area contributed by atoms with Crippen molar-refractivity contribution in [1.29, 1.82) is 0 Å². The van der Waals surface area contributed by atoms with E-state index in [1.165, 1.54) is 23.0 Å². The van der Waals surface area contributed by atoms with Crippen molar-refractivity contribution in [1.82, 2.24) is 20.2 Å². The van der Waals surface area contributed by atoms with Crippen LogP contribution in [0.3, 0.4) is 0 Å². The molecule has 0 fully saturated rings. The molecule has 6 nitrogen and oxygen atoms in total. The van der Waals surface area contributed by atoms with Crippen LogP contribution in [-0.4, -0.2) is 25.3 Å². The van der Waals surface area contributed by atoms with E-state index in [0.717, 1.165) is 0 Å². The Kier molecular flexibility index (Phi) is 3.29. The number of aryl methyl sites for hydroxylation is 1. The van der Waals surface area contributed by atoms with E-state index >= 15 is 0 Å². The zero-order chi connectivity index (χ0) is 12.3. The average molecular weight is 238 g/mol. The van der Waals surface area contributed by atoms with Crippen LogP contribution in [0.4, 0.5) is 4.39 Å². The highest BCUT2D eigenvalue weighted by Gasteiger charge is 2.07. The van der Waals surface area contributed by atoms with Gasteiger partial charge in [0, 0.05) is 5.56 Å². The minimum atomic E-state index is -0.418. The third-order valence-electron chi connectivity index (χ3n) is 2.10. The molecule has 17 heavy (non-hydrogen) atoms. The largest absolute Gasteiger partial charge is 0.485 e. The Morgan fingerprint density at radius 3 is 2.94 bits per heavy atom. The smallest absolute Gasteiger partial charge is 0.212 e. The van der Waals surface area contributed by atoms with Crippen LogP contribution in [0.5, 0.6) is 5.75 Å². The van der Waals surface area contributed by atoms with Gasteiger partial charge in [-0.05, 0) is 23.4 Å². The second kappa shape index (κ2) is 4.88. The molecule has 0 radical (unpaired) electrons. The number of aliphatic hydroxyl groups excluding tert-OH is 1. The lowest BCUT2D eigenvalue weighted by Gasteiger charge is -2.07. The Labute approximate surface area is 96.6 Å². The maximum absolute atomic E-state index is 12.9. The van der Waals surface area contributed by atoms with Gasteiger partial charge in [-0.1, -0.05) is 0 Å². The van der Waals surface area contributed by atoms with Crippen LogP contribution in [0.25, 0.3) is 0 Å². The fraction of sp³-hybridized carbons (Fsp3) is 0.300. The molecule has 0 spiro atoms. The van der Waals surface area contributed by atoms with Crippen molar-refractivity contribution in [2.24, 2.45) is 7.05 Å². The van der Waals surface area contributed by atoms with E-state index in [0.29, 0.717) is 17.1 Å². The number of benzene rings is 1. The summed E-state index contributed by atoms with van der Waals surface area (Å²) in [4.78, 5) is 1.32. The summed E-state index contributed by atoms with van der Waals surface area (Å²) in [6, 6.07) is 3.94. The molecule has 1 heterocycles. The second-order valence-electron chi connectivity index (χ2n) is 3.39. The first-order chi connectivity index (χ1) is 8.19. The van der Waals surface area contributed by atoms with Crippen LogP contribution in [0, 0.1) is 5.82 Å². The number of nitrogens with zero attached hydrogens (tertiary/aromatic N) is 4. The Morgan fingerprint density at radius 2 is 2.29 bits per heavy atom. The number of rotatable bonds is 4. The molecule has 0 saturated carbocycles. The van der Waals surface area contributed by atoms with E-state index in [1.807, 2.05) is 0 Å². The molecule has 1 N–H and O–H groups in total. The normalized spacial score (nSPS) is 10.5. The Hall–Kier alpha value is -2.02. The molecule has 0 saturated heterocycles. The highest BCUT2D eigenvalue weighted by atomic mass is 19.1. The number of hydrogen-bond acceptors (Lipinski definition) is 5. The van der Waals surface area contributed by atoms with Crippen molar-refractivity contribution in [3.8, 4) is 5.75 Å². The van der Waals surface area contributed by atoms with Gasteiger partial charge < -0.3 is 9.84 Å². The van der Waals surface area contributed by atoms with Crippen LogP contribution in [0.1, 0.15) is 11.4 Å². The molecule has 0 aliphatic carbocycles. The van der Waals surface area contributed by atoms with E-state index in [2.05, 4.69) is 15.4 Å². The minimum Gasteiger partial charge on any atom is -0.485 e. The Balaban J connectivity index is 2.08. The number of aliphatic hydroxyl groups is 1. The van der Waals surface area contributed by atoms with Crippen molar-refractivity contribution in [3.05, 3.63) is 35.4 Å². The molecule has 0 aliphatic rings. The summed E-state index contributed by atoms with van der Waals surface area (Å²) in [7, 11) is 1.65. The summed E-state index contributed by atoms with van der Waals surface area (Å²) >= 11 is 0. The molecule has 2 rings (SSSR count). The minimum absolute atomic E-state index is 0.118. The molecule has 0 amide bonds. The van der Waals surface area contributed by atoms with Crippen molar-refractivity contribution in [3.63, 3.8) is 0 Å². The number of halogens is 1. The van der Waals surface area contributed by atoms with Crippen LogP contribution >= 0.6 is 0 Å². The van der Waals surface area contributed by atoms with Gasteiger partial charge in [0.05, 0.1) is 13.7 Å². The summed E-state index contributed by atoms with van der Waals surface area (Å²) in [6.45, 7) is -0.173. The quantitative estimate of drug-likeness (QED) is 0.835. The Bertz CT molecular complexity index is 515. The summed E-state index contributed by atoms with van der Waals surface area (Å²) in [5.41, 5.74) is 0.383. The number of ether oxygens (including phenoxy) is 1. The number of aromatic nitrogens is 4. The summed E-state index contributed by atoms with van der Waals surface area (Å²) in [5.74, 6) is 0.404. The Morgan fingerprint density at radius 1 is 1.47 bits per heavy atom. The third kappa shape index (κ3) is 2.76. The first-order valence-electron chi connectivity index (χ1n) is 4.94. The van der Waals surface area contributed by atoms with Crippen LogP contribution in [-0.2, 0) is 20.3 Å². The van der Waals surface area contributed by atoms with Gasteiger partial charge in [0.2, 0.25) is 5.82 Å².